The Kier molecular flexibility index (Phi) is 152. The molecule has 0 aliphatic rings. The van der Waals surface area contributed by atoms with Gasteiger partial charge in [-0.1, -0.05) is 0 Å². The second-order valence-electron chi connectivity index (χ2n) is 0. The zero-order valence-corrected chi connectivity index (χ0v) is 13.4. The molecule has 5 heavy (non-hydrogen) atoms. The minimum absolute atomic E-state index is 0. The van der Waals surface area contributed by atoms with Crippen molar-refractivity contribution in [3.63, 3.8) is 0 Å². The zero-order chi connectivity index (χ0) is 0. The summed E-state index contributed by atoms with van der Waals surface area (Å²) in [6.45, 7) is 0. The fraction of sp³-hybridized carbons (Fsp3) is 0. The molecule has 0 heterocycles. The van der Waals surface area contributed by atoms with Gasteiger partial charge in [-0.05, 0) is 0 Å². The predicted molar refractivity (Wildman–Crippen MR) is 24.5 cm³/mol. The third-order valence-corrected chi connectivity index (χ3v) is 0. The van der Waals surface area contributed by atoms with Crippen molar-refractivity contribution in [1.82, 2.24) is 0 Å². The van der Waals surface area contributed by atoms with E-state index in [1.165, 1.54) is 0 Å². The van der Waals surface area contributed by atoms with Crippen molar-refractivity contribution in [2.45, 2.75) is 0 Å². The monoisotopic (exact) mass is 153 g/mol. The average molecular weight is 153 g/mol. The zero-order valence-electron chi connectivity index (χ0n) is 4.00. The fourth-order valence-corrected chi connectivity index (χ4v) is 0. The molecule has 0 atom stereocenters. The molecular weight excluding hydrogens is 149 g/mol. The molecule has 5 heteroatoms. The molecule has 0 spiro atoms. The van der Waals surface area contributed by atoms with Crippen LogP contribution in [0.5, 0.6) is 0 Å². The molecule has 4 N–H and O–H groups in total. The molecule has 0 aliphatic heterocycles. The standard InChI is InChI=1S/3K.2H2O/h;;;2*1H2. The maximum absolute atomic E-state index is 0. The van der Waals surface area contributed by atoms with Gasteiger partial charge < -0.3 is 11.0 Å². The molecule has 2 nitrogen and oxygen atoms in total. The summed E-state index contributed by atoms with van der Waals surface area (Å²) in [5.41, 5.74) is 0. The Hall–Kier alpha value is 4.83. The molecule has 0 fully saturated rings. The van der Waals surface area contributed by atoms with E-state index in [1.807, 2.05) is 0 Å². The third kappa shape index (κ3) is 17.7. The van der Waals surface area contributed by atoms with Gasteiger partial charge in [-0.25, -0.2) is 0 Å². The second kappa shape index (κ2) is 23.2. The summed E-state index contributed by atoms with van der Waals surface area (Å²) in [5, 5.41) is 0. The van der Waals surface area contributed by atoms with Gasteiger partial charge in [0, 0.05) is 154 Å². The van der Waals surface area contributed by atoms with Gasteiger partial charge in [0.05, 0.1) is 0 Å². The Morgan fingerprint density at radius 2 is 0.400 bits per heavy atom. The van der Waals surface area contributed by atoms with Crippen molar-refractivity contribution in [2.75, 3.05) is 0 Å². The molecule has 0 rings (SSSR count). The normalized spacial score (nSPS) is 0. The van der Waals surface area contributed by atoms with Crippen LogP contribution in [0.3, 0.4) is 0 Å². The maximum Gasteiger partial charge on any atom is 0 e. The Bertz CT molecular complexity index is 4.85. The van der Waals surface area contributed by atoms with Crippen LogP contribution in [-0.2, 0) is 0 Å². The van der Waals surface area contributed by atoms with Crippen LogP contribution in [0.2, 0.25) is 0 Å². The number of rotatable bonds is 0. The van der Waals surface area contributed by atoms with Crippen LogP contribution in [0.4, 0.5) is 0 Å². The molecular formula is H4K3O2. The van der Waals surface area contributed by atoms with Crippen LogP contribution in [0.1, 0.15) is 0 Å². The SMILES string of the molecule is O.O.[K].[K].[K]. The average Bonchev–Trinajstić information content (AvgIpc) is 0. The topological polar surface area (TPSA) is 63.0 Å². The van der Waals surface area contributed by atoms with E-state index in [9.17, 15) is 0 Å². The van der Waals surface area contributed by atoms with E-state index < -0.39 is 0 Å². The summed E-state index contributed by atoms with van der Waals surface area (Å²) in [4.78, 5) is 0. The summed E-state index contributed by atoms with van der Waals surface area (Å²) in [7, 11) is 0. The smallest absolute Gasteiger partial charge is 0 e. The van der Waals surface area contributed by atoms with Gasteiger partial charge in [-0.3, -0.25) is 0 Å². The first-order chi connectivity index (χ1) is 0. The van der Waals surface area contributed by atoms with E-state index in [0.717, 1.165) is 0 Å². The molecule has 0 unspecified atom stereocenters. The van der Waals surface area contributed by atoms with Crippen molar-refractivity contribution in [3.05, 3.63) is 0 Å². The van der Waals surface area contributed by atoms with Crippen molar-refractivity contribution < 1.29 is 11.0 Å². The fourth-order valence-electron chi connectivity index (χ4n) is 0. The van der Waals surface area contributed by atoms with E-state index in [4.69, 9.17) is 0 Å². The van der Waals surface area contributed by atoms with Gasteiger partial charge in [-0.15, -0.1) is 0 Å². The van der Waals surface area contributed by atoms with Gasteiger partial charge >= 0.3 is 0 Å². The number of hydrogen-bond acceptors (Lipinski definition) is 0. The van der Waals surface area contributed by atoms with Crippen LogP contribution < -0.4 is 0 Å². The molecule has 0 aromatic carbocycles. The van der Waals surface area contributed by atoms with E-state index in [-0.39, 0.29) is 165 Å². The predicted octanol–water partition coefficient (Wildman–Crippen LogP) is -2.79. The first-order valence-electron chi connectivity index (χ1n) is 0. The molecule has 19 valence electrons. The van der Waals surface area contributed by atoms with E-state index >= 15 is 0 Å². The second-order valence-corrected chi connectivity index (χ2v) is 0. The minimum atomic E-state index is 0. The van der Waals surface area contributed by atoms with Crippen molar-refractivity contribution >= 4 is 154 Å². The summed E-state index contributed by atoms with van der Waals surface area (Å²) >= 11 is 0. The molecule has 0 aromatic heterocycles. The van der Waals surface area contributed by atoms with Crippen LogP contribution in [0.15, 0.2) is 0 Å². The Morgan fingerprint density at radius 3 is 0.400 bits per heavy atom. The molecule has 3 radical (unpaired) electrons. The first kappa shape index (κ1) is 32.9. The third-order valence-electron chi connectivity index (χ3n) is 0. The molecule has 0 amide bonds. The molecule has 0 aliphatic carbocycles. The molecule has 0 bridgehead atoms. The summed E-state index contributed by atoms with van der Waals surface area (Å²) in [6.07, 6.45) is 0. The van der Waals surface area contributed by atoms with Crippen LogP contribution >= 0.6 is 0 Å². The van der Waals surface area contributed by atoms with Gasteiger partial charge in [-0.2, -0.15) is 0 Å². The number of hydrogen-bond donors (Lipinski definition) is 0. The van der Waals surface area contributed by atoms with Crippen molar-refractivity contribution in [2.24, 2.45) is 0 Å². The van der Waals surface area contributed by atoms with Crippen LogP contribution in [-0.4, -0.2) is 165 Å². The molecule has 0 saturated heterocycles. The molecule has 0 saturated carbocycles. The largest absolute Gasteiger partial charge is 0.412 e. The summed E-state index contributed by atoms with van der Waals surface area (Å²) in [6, 6.07) is 0. The van der Waals surface area contributed by atoms with Gasteiger partial charge in [0.25, 0.3) is 0 Å². The minimum Gasteiger partial charge on any atom is -0.412 e. The Balaban J connectivity index is 0. The Morgan fingerprint density at radius 1 is 0.400 bits per heavy atom. The summed E-state index contributed by atoms with van der Waals surface area (Å²) in [5.74, 6) is 0. The van der Waals surface area contributed by atoms with Gasteiger partial charge in [0.1, 0.15) is 0 Å². The summed E-state index contributed by atoms with van der Waals surface area (Å²) < 4.78 is 0. The first-order valence-corrected chi connectivity index (χ1v) is 0. The van der Waals surface area contributed by atoms with Crippen molar-refractivity contribution in [1.29, 1.82) is 0 Å². The van der Waals surface area contributed by atoms with Gasteiger partial charge in [0.15, 0.2) is 0 Å². The quantitative estimate of drug-likeness (QED) is 0.338. The molecule has 0 aromatic rings. The van der Waals surface area contributed by atoms with Crippen LogP contribution in [0, 0.1) is 0 Å². The van der Waals surface area contributed by atoms with E-state index in [2.05, 4.69) is 0 Å². The van der Waals surface area contributed by atoms with Crippen LogP contribution in [0.25, 0.3) is 0 Å². The maximum atomic E-state index is 0. The van der Waals surface area contributed by atoms with Gasteiger partial charge in [0.2, 0.25) is 0 Å². The van der Waals surface area contributed by atoms with E-state index in [1.54, 1.807) is 0 Å². The van der Waals surface area contributed by atoms with Crippen molar-refractivity contribution in [3.8, 4) is 0 Å². The van der Waals surface area contributed by atoms with E-state index in [0.29, 0.717) is 0 Å². The Labute approximate surface area is 159 Å².